The Morgan fingerprint density at radius 1 is 1.20 bits per heavy atom. The van der Waals surface area contributed by atoms with Gasteiger partial charge < -0.3 is 4.74 Å². The highest BCUT2D eigenvalue weighted by molar-refractivity contribution is 6.30. The molecule has 1 aromatic rings. The van der Waals surface area contributed by atoms with Gasteiger partial charge in [0.2, 0.25) is 0 Å². The predicted molar refractivity (Wildman–Crippen MR) is 76.8 cm³/mol. The lowest BCUT2D eigenvalue weighted by atomic mass is 9.78. The summed E-state index contributed by atoms with van der Waals surface area (Å²) in [7, 11) is 0. The molecule has 0 radical (unpaired) electrons. The molecule has 20 heavy (non-hydrogen) atoms. The third-order valence-electron chi connectivity index (χ3n) is 4.35. The number of hydrogen-bond acceptors (Lipinski definition) is 1. The lowest BCUT2D eigenvalue weighted by Crippen LogP contribution is -2.29. The zero-order valence-electron chi connectivity index (χ0n) is 12.3. The summed E-state index contributed by atoms with van der Waals surface area (Å²) in [6, 6.07) is 2.56. The predicted octanol–water partition coefficient (Wildman–Crippen LogP) is 5.52. The Morgan fingerprint density at radius 3 is 2.25 bits per heavy atom. The number of rotatable bonds is 2. The minimum atomic E-state index is -0.724. The van der Waals surface area contributed by atoms with Crippen molar-refractivity contribution in [1.29, 1.82) is 0 Å². The van der Waals surface area contributed by atoms with Crippen LogP contribution in [0.5, 0.6) is 0 Å². The van der Waals surface area contributed by atoms with Gasteiger partial charge in [-0.3, -0.25) is 0 Å². The van der Waals surface area contributed by atoms with Gasteiger partial charge in [-0.15, -0.1) is 0 Å². The van der Waals surface area contributed by atoms with Gasteiger partial charge in [0, 0.05) is 0 Å². The van der Waals surface area contributed by atoms with Crippen LogP contribution >= 0.6 is 11.6 Å². The molecule has 1 aromatic carbocycles. The van der Waals surface area contributed by atoms with Gasteiger partial charge in [0.1, 0.15) is 16.7 Å². The van der Waals surface area contributed by atoms with Crippen LogP contribution < -0.4 is 0 Å². The molecular formula is C16H21ClF2O. The van der Waals surface area contributed by atoms with Crippen LogP contribution in [0.4, 0.5) is 8.78 Å². The molecule has 2 rings (SSSR count). The van der Waals surface area contributed by atoms with E-state index in [1.807, 2.05) is 0 Å². The quantitative estimate of drug-likeness (QED) is 0.654. The van der Waals surface area contributed by atoms with Gasteiger partial charge in [-0.25, -0.2) is 8.78 Å². The van der Waals surface area contributed by atoms with Crippen molar-refractivity contribution in [2.45, 2.75) is 52.7 Å². The van der Waals surface area contributed by atoms with Gasteiger partial charge in [-0.2, -0.15) is 0 Å². The van der Waals surface area contributed by atoms with Crippen molar-refractivity contribution in [2.75, 3.05) is 0 Å². The van der Waals surface area contributed by atoms with Gasteiger partial charge in [0.05, 0.1) is 12.2 Å². The number of benzene rings is 1. The van der Waals surface area contributed by atoms with E-state index in [2.05, 4.69) is 27.7 Å². The SMILES string of the molecule is C[C@@H]([C@@H]1CC[C@H](c2cc(F)c(Cl)c(F)c2)O1)C(C)(C)C. The van der Waals surface area contributed by atoms with Gasteiger partial charge in [-0.1, -0.05) is 39.3 Å². The summed E-state index contributed by atoms with van der Waals surface area (Å²) >= 11 is 5.50. The highest BCUT2D eigenvalue weighted by Crippen LogP contribution is 2.41. The average Bonchev–Trinajstić information content (AvgIpc) is 2.82. The maximum Gasteiger partial charge on any atom is 0.145 e. The van der Waals surface area contributed by atoms with Crippen molar-refractivity contribution in [3.63, 3.8) is 0 Å². The lowest BCUT2D eigenvalue weighted by molar-refractivity contribution is -0.0165. The van der Waals surface area contributed by atoms with E-state index in [9.17, 15) is 8.78 Å². The second-order valence-corrected chi connectivity index (χ2v) is 7.07. The van der Waals surface area contributed by atoms with Crippen molar-refractivity contribution < 1.29 is 13.5 Å². The molecule has 0 aliphatic carbocycles. The minimum Gasteiger partial charge on any atom is -0.370 e. The lowest BCUT2D eigenvalue weighted by Gasteiger charge is -2.32. The fourth-order valence-corrected chi connectivity index (χ4v) is 2.70. The molecule has 0 aromatic heterocycles. The molecule has 0 unspecified atom stereocenters. The molecule has 1 saturated heterocycles. The number of halogens is 3. The zero-order valence-corrected chi connectivity index (χ0v) is 13.1. The molecule has 1 heterocycles. The van der Waals surface area contributed by atoms with Gasteiger partial charge in [0.15, 0.2) is 0 Å². The Kier molecular flexibility index (Phi) is 4.41. The maximum atomic E-state index is 13.5. The summed E-state index contributed by atoms with van der Waals surface area (Å²) in [4.78, 5) is 0. The molecule has 0 amide bonds. The first-order chi connectivity index (χ1) is 9.20. The summed E-state index contributed by atoms with van der Waals surface area (Å²) in [6.07, 6.45) is 1.58. The molecule has 1 aliphatic rings. The molecular weight excluding hydrogens is 282 g/mol. The molecule has 0 spiro atoms. The van der Waals surface area contributed by atoms with Gasteiger partial charge in [-0.05, 0) is 41.9 Å². The summed E-state index contributed by atoms with van der Waals surface area (Å²) in [5.74, 6) is -1.07. The third-order valence-corrected chi connectivity index (χ3v) is 4.72. The van der Waals surface area contributed by atoms with Crippen LogP contribution in [0.15, 0.2) is 12.1 Å². The number of hydrogen-bond donors (Lipinski definition) is 0. The van der Waals surface area contributed by atoms with Gasteiger partial charge in [0.25, 0.3) is 0 Å². The minimum absolute atomic E-state index is 0.127. The summed E-state index contributed by atoms with van der Waals surface area (Å²) < 4.78 is 33.0. The van der Waals surface area contributed by atoms with E-state index in [0.29, 0.717) is 11.5 Å². The Morgan fingerprint density at radius 2 is 1.75 bits per heavy atom. The van der Waals surface area contributed by atoms with Crippen molar-refractivity contribution in [1.82, 2.24) is 0 Å². The van der Waals surface area contributed by atoms with Gasteiger partial charge >= 0.3 is 0 Å². The average molecular weight is 303 g/mol. The van der Waals surface area contributed by atoms with Crippen LogP contribution in [-0.2, 0) is 4.74 Å². The van der Waals surface area contributed by atoms with Crippen LogP contribution in [0.2, 0.25) is 5.02 Å². The molecule has 3 atom stereocenters. The van der Waals surface area contributed by atoms with E-state index >= 15 is 0 Å². The Hall–Kier alpha value is -0.670. The maximum absolute atomic E-state index is 13.5. The van der Waals surface area contributed by atoms with E-state index in [0.717, 1.165) is 12.8 Å². The van der Waals surface area contributed by atoms with E-state index in [1.54, 1.807) is 0 Å². The molecule has 4 heteroatoms. The van der Waals surface area contributed by atoms with Crippen LogP contribution in [0.25, 0.3) is 0 Å². The largest absolute Gasteiger partial charge is 0.370 e. The summed E-state index contributed by atoms with van der Waals surface area (Å²) in [6.45, 7) is 8.69. The molecule has 112 valence electrons. The monoisotopic (exact) mass is 302 g/mol. The van der Waals surface area contributed by atoms with Crippen molar-refractivity contribution in [3.8, 4) is 0 Å². The molecule has 1 fully saturated rings. The van der Waals surface area contributed by atoms with E-state index < -0.39 is 16.7 Å². The topological polar surface area (TPSA) is 9.23 Å². The Balaban J connectivity index is 2.14. The molecule has 1 aliphatic heterocycles. The molecule has 0 N–H and O–H groups in total. The first kappa shape index (κ1) is 15.7. The third kappa shape index (κ3) is 3.15. The first-order valence-electron chi connectivity index (χ1n) is 7.00. The van der Waals surface area contributed by atoms with Crippen molar-refractivity contribution in [2.24, 2.45) is 11.3 Å². The van der Waals surface area contributed by atoms with Crippen LogP contribution in [0, 0.1) is 23.0 Å². The van der Waals surface area contributed by atoms with E-state index in [4.69, 9.17) is 16.3 Å². The standard InChI is InChI=1S/C16H21ClF2O/c1-9(16(2,3)4)13-5-6-14(20-13)10-7-11(18)15(17)12(19)8-10/h7-9,13-14H,5-6H2,1-4H3/t9-,13-,14+/m0/s1. The second kappa shape index (κ2) is 5.61. The van der Waals surface area contributed by atoms with Crippen molar-refractivity contribution >= 4 is 11.6 Å². The Bertz CT molecular complexity index is 473. The summed E-state index contributed by atoms with van der Waals surface area (Å²) in [5, 5.41) is -0.452. The smallest absolute Gasteiger partial charge is 0.145 e. The molecule has 0 saturated carbocycles. The van der Waals surface area contributed by atoms with Crippen LogP contribution in [0.3, 0.4) is 0 Å². The van der Waals surface area contributed by atoms with Crippen LogP contribution in [-0.4, -0.2) is 6.10 Å². The fraction of sp³-hybridized carbons (Fsp3) is 0.625. The zero-order chi connectivity index (χ0) is 15.1. The van der Waals surface area contributed by atoms with Crippen molar-refractivity contribution in [3.05, 3.63) is 34.4 Å². The second-order valence-electron chi connectivity index (χ2n) is 6.69. The fourth-order valence-electron chi connectivity index (χ4n) is 2.59. The molecule has 0 bridgehead atoms. The first-order valence-corrected chi connectivity index (χ1v) is 7.38. The normalized spacial score (nSPS) is 24.9. The Labute approximate surface area is 124 Å². The highest BCUT2D eigenvalue weighted by atomic mass is 35.5. The van der Waals surface area contributed by atoms with E-state index in [-0.39, 0.29) is 17.6 Å². The van der Waals surface area contributed by atoms with E-state index in [1.165, 1.54) is 12.1 Å². The molecule has 1 nitrogen and oxygen atoms in total. The number of ether oxygens (including phenoxy) is 1. The highest BCUT2D eigenvalue weighted by Gasteiger charge is 2.36. The summed E-state index contributed by atoms with van der Waals surface area (Å²) in [5.41, 5.74) is 0.684. The van der Waals surface area contributed by atoms with Crippen LogP contribution in [0.1, 0.15) is 52.2 Å².